The largest absolute Gasteiger partial charge is 0.341 e. The molecule has 0 heterocycles. The van der Waals surface area contributed by atoms with E-state index in [1.807, 2.05) is 6.92 Å². The normalized spacial score (nSPS) is 9.00. The molecule has 0 N–H and O–H groups in total. The molecule has 0 aromatic carbocycles. The molecule has 0 aliphatic rings. The van der Waals surface area contributed by atoms with E-state index < -0.39 is 5.91 Å². The Balaban J connectivity index is 3.82. The summed E-state index contributed by atoms with van der Waals surface area (Å²) in [5, 5.41) is 0. The van der Waals surface area contributed by atoms with Gasteiger partial charge in [-0.3, -0.25) is 9.59 Å². The first kappa shape index (κ1) is 9.20. The zero-order valence-corrected chi connectivity index (χ0v) is 6.26. The number of amides is 2. The smallest absolute Gasteiger partial charge is 0.242 e. The van der Waals surface area contributed by atoms with Gasteiger partial charge in [0.1, 0.15) is 0 Å². The molecule has 0 unspecified atom stereocenters. The SMILES string of the molecule is [B]N(C(C)=O)C(=O)CCC. The number of imide groups is 1. The summed E-state index contributed by atoms with van der Waals surface area (Å²) in [6.07, 6.45) is 1.04. The zero-order valence-electron chi connectivity index (χ0n) is 6.26. The van der Waals surface area contributed by atoms with Crippen molar-refractivity contribution in [3.8, 4) is 0 Å². The van der Waals surface area contributed by atoms with Crippen molar-refractivity contribution in [3.05, 3.63) is 0 Å². The van der Waals surface area contributed by atoms with E-state index in [9.17, 15) is 9.59 Å². The van der Waals surface area contributed by atoms with E-state index >= 15 is 0 Å². The molecule has 0 saturated heterocycles. The van der Waals surface area contributed by atoms with Crippen LogP contribution in [0.25, 0.3) is 0 Å². The summed E-state index contributed by atoms with van der Waals surface area (Å²) in [7, 11) is 5.08. The van der Waals surface area contributed by atoms with E-state index in [-0.39, 0.29) is 5.91 Å². The average molecular weight is 139 g/mol. The molecular weight excluding hydrogens is 129 g/mol. The first-order valence-corrected chi connectivity index (χ1v) is 3.17. The molecule has 0 rings (SSSR count). The Bertz CT molecular complexity index is 147. The predicted octanol–water partition coefficient (Wildman–Crippen LogP) is 0.245. The number of rotatable bonds is 2. The Labute approximate surface area is 61.8 Å². The van der Waals surface area contributed by atoms with Crippen molar-refractivity contribution in [2.75, 3.05) is 0 Å². The molecule has 0 bridgehead atoms. The van der Waals surface area contributed by atoms with Gasteiger partial charge in [-0.15, -0.1) is 0 Å². The predicted molar refractivity (Wildman–Crippen MR) is 38.2 cm³/mol. The van der Waals surface area contributed by atoms with Crippen LogP contribution in [-0.4, -0.2) is 24.6 Å². The molecule has 2 radical (unpaired) electrons. The lowest BCUT2D eigenvalue weighted by Crippen LogP contribution is -2.32. The molecular formula is C6H10BNO2. The van der Waals surface area contributed by atoms with Crippen LogP contribution in [0.5, 0.6) is 0 Å². The van der Waals surface area contributed by atoms with Crippen molar-refractivity contribution in [2.45, 2.75) is 26.7 Å². The van der Waals surface area contributed by atoms with Crippen LogP contribution in [0.3, 0.4) is 0 Å². The quantitative estimate of drug-likeness (QED) is 0.514. The number of carbonyl (C=O) groups is 2. The fraction of sp³-hybridized carbons (Fsp3) is 0.667. The summed E-state index contributed by atoms with van der Waals surface area (Å²) in [6, 6.07) is 0. The molecule has 0 aliphatic heterocycles. The highest BCUT2D eigenvalue weighted by molar-refractivity contribution is 6.24. The summed E-state index contributed by atoms with van der Waals surface area (Å²) in [6.45, 7) is 3.11. The van der Waals surface area contributed by atoms with Gasteiger partial charge >= 0.3 is 0 Å². The average Bonchev–Trinajstić information content (AvgIpc) is 1.87. The Morgan fingerprint density at radius 2 is 2.00 bits per heavy atom. The summed E-state index contributed by atoms with van der Waals surface area (Å²) in [5.41, 5.74) is 0. The fourth-order valence-corrected chi connectivity index (χ4v) is 0.510. The molecule has 0 atom stereocenters. The highest BCUT2D eigenvalue weighted by Gasteiger charge is 2.09. The number of nitrogens with zero attached hydrogens (tertiary/aromatic N) is 1. The van der Waals surface area contributed by atoms with Gasteiger partial charge in [0.2, 0.25) is 19.8 Å². The maximum atomic E-state index is 10.8. The minimum Gasteiger partial charge on any atom is -0.341 e. The van der Waals surface area contributed by atoms with Gasteiger partial charge < -0.3 is 4.81 Å². The molecule has 0 fully saturated rings. The van der Waals surface area contributed by atoms with Gasteiger partial charge in [0.15, 0.2) is 0 Å². The van der Waals surface area contributed by atoms with Gasteiger partial charge in [0, 0.05) is 13.3 Å². The summed E-state index contributed by atoms with van der Waals surface area (Å²) in [4.78, 5) is 21.8. The minimum atomic E-state index is -0.418. The van der Waals surface area contributed by atoms with Crippen molar-refractivity contribution >= 4 is 19.8 Å². The maximum Gasteiger partial charge on any atom is 0.242 e. The van der Waals surface area contributed by atoms with Crippen LogP contribution in [0.2, 0.25) is 0 Å². The van der Waals surface area contributed by atoms with Gasteiger partial charge in [-0.25, -0.2) is 0 Å². The third-order valence-corrected chi connectivity index (χ3v) is 1.07. The van der Waals surface area contributed by atoms with E-state index in [1.54, 1.807) is 0 Å². The Hall–Kier alpha value is -0.795. The third kappa shape index (κ3) is 2.66. The molecule has 3 nitrogen and oxygen atoms in total. The number of hydrogen-bond acceptors (Lipinski definition) is 2. The molecule has 0 aromatic rings. The lowest BCUT2D eigenvalue weighted by atomic mass is 10.2. The lowest BCUT2D eigenvalue weighted by Gasteiger charge is -2.11. The highest BCUT2D eigenvalue weighted by Crippen LogP contribution is 1.93. The third-order valence-electron chi connectivity index (χ3n) is 1.07. The van der Waals surface area contributed by atoms with Crippen LogP contribution in [0, 0.1) is 0 Å². The standard InChI is InChI=1S/C6H10BNO2/c1-3-4-6(10)8(7)5(2)9/h3-4H2,1-2H3. The fourth-order valence-electron chi connectivity index (χ4n) is 0.510. The molecule has 0 saturated carbocycles. The minimum absolute atomic E-state index is 0.324. The Morgan fingerprint density at radius 3 is 2.30 bits per heavy atom. The van der Waals surface area contributed by atoms with Crippen LogP contribution in [0.15, 0.2) is 0 Å². The first-order chi connectivity index (χ1) is 4.59. The van der Waals surface area contributed by atoms with E-state index in [2.05, 4.69) is 0 Å². The second-order valence-electron chi connectivity index (χ2n) is 2.03. The molecule has 0 aromatic heterocycles. The molecule has 54 valence electrons. The molecule has 0 aliphatic carbocycles. The highest BCUT2D eigenvalue weighted by atomic mass is 16.2. The van der Waals surface area contributed by atoms with E-state index in [1.165, 1.54) is 6.92 Å². The summed E-state index contributed by atoms with van der Waals surface area (Å²) >= 11 is 0. The van der Waals surface area contributed by atoms with Gasteiger partial charge in [0.25, 0.3) is 0 Å². The van der Waals surface area contributed by atoms with E-state index in [0.29, 0.717) is 17.7 Å². The Kier molecular flexibility index (Phi) is 3.76. The van der Waals surface area contributed by atoms with E-state index in [0.717, 1.165) is 0 Å². The molecule has 10 heavy (non-hydrogen) atoms. The zero-order chi connectivity index (χ0) is 8.15. The van der Waals surface area contributed by atoms with Crippen molar-refractivity contribution in [1.29, 1.82) is 0 Å². The van der Waals surface area contributed by atoms with Gasteiger partial charge in [-0.05, 0) is 6.42 Å². The first-order valence-electron chi connectivity index (χ1n) is 3.17. The summed E-state index contributed by atoms with van der Waals surface area (Å²) in [5.74, 6) is -0.742. The van der Waals surface area contributed by atoms with Crippen LogP contribution >= 0.6 is 0 Å². The van der Waals surface area contributed by atoms with Crippen LogP contribution in [0.1, 0.15) is 26.7 Å². The second-order valence-corrected chi connectivity index (χ2v) is 2.03. The van der Waals surface area contributed by atoms with Crippen LogP contribution in [-0.2, 0) is 9.59 Å². The lowest BCUT2D eigenvalue weighted by molar-refractivity contribution is -0.137. The maximum absolute atomic E-state index is 10.8. The topological polar surface area (TPSA) is 37.4 Å². The summed E-state index contributed by atoms with van der Waals surface area (Å²) < 4.78 is 0. The molecule has 4 heteroatoms. The van der Waals surface area contributed by atoms with Gasteiger partial charge in [-0.1, -0.05) is 6.92 Å². The Morgan fingerprint density at radius 1 is 1.50 bits per heavy atom. The van der Waals surface area contributed by atoms with E-state index in [4.69, 9.17) is 7.98 Å². The van der Waals surface area contributed by atoms with Crippen molar-refractivity contribution in [2.24, 2.45) is 0 Å². The van der Waals surface area contributed by atoms with Gasteiger partial charge in [-0.2, -0.15) is 0 Å². The number of carbonyl (C=O) groups excluding carboxylic acids is 2. The molecule has 0 spiro atoms. The number of hydrogen-bond donors (Lipinski definition) is 0. The molecule has 2 amide bonds. The van der Waals surface area contributed by atoms with Crippen molar-refractivity contribution in [3.63, 3.8) is 0 Å². The van der Waals surface area contributed by atoms with Crippen molar-refractivity contribution < 1.29 is 9.59 Å². The van der Waals surface area contributed by atoms with Crippen LogP contribution < -0.4 is 0 Å². The van der Waals surface area contributed by atoms with Gasteiger partial charge in [0.05, 0.1) is 0 Å². The monoisotopic (exact) mass is 139 g/mol. The second kappa shape index (κ2) is 4.09. The van der Waals surface area contributed by atoms with Crippen molar-refractivity contribution in [1.82, 2.24) is 4.81 Å². The van der Waals surface area contributed by atoms with Crippen LogP contribution in [0.4, 0.5) is 0 Å².